The Morgan fingerprint density at radius 3 is 2.43 bits per heavy atom. The fraction of sp³-hybridized carbons (Fsp3) is 0.500. The van der Waals surface area contributed by atoms with Crippen molar-refractivity contribution in [3.8, 4) is 5.75 Å². The second-order valence-electron chi connectivity index (χ2n) is 8.89. The number of nitrogens with one attached hydrogen (secondary N) is 1. The maximum atomic E-state index is 13.5. The van der Waals surface area contributed by atoms with Crippen molar-refractivity contribution in [3.63, 3.8) is 0 Å². The molecule has 1 aliphatic heterocycles. The molecular formula is C24H33N5O7S. The number of aliphatic carboxylic acids is 1. The van der Waals surface area contributed by atoms with Crippen molar-refractivity contribution >= 4 is 33.5 Å². The number of benzene rings is 1. The second kappa shape index (κ2) is 11.7. The summed E-state index contributed by atoms with van der Waals surface area (Å²) < 4.78 is 34.9. The lowest BCUT2D eigenvalue weighted by Gasteiger charge is -2.29. The van der Waals surface area contributed by atoms with Crippen molar-refractivity contribution in [2.24, 2.45) is 18.7 Å². The molecule has 0 aliphatic carbocycles. The first-order valence-electron chi connectivity index (χ1n) is 12.2. The first-order chi connectivity index (χ1) is 17.5. The van der Waals surface area contributed by atoms with Crippen LogP contribution in [-0.4, -0.2) is 65.1 Å². The number of primary amides is 1. The van der Waals surface area contributed by atoms with E-state index in [9.17, 15) is 27.9 Å². The van der Waals surface area contributed by atoms with Gasteiger partial charge in [-0.3, -0.25) is 19.1 Å². The lowest BCUT2D eigenvalue weighted by atomic mass is 9.99. The first kappa shape index (κ1) is 28.1. The highest BCUT2D eigenvalue weighted by atomic mass is 32.2. The SMILES string of the molecule is CCCOc1ccc(S(=O)(=O)N2CCC(C(=O)O)CC2)cc1C(=O)Nc1c(CCC)nn(C)c1C(N)=O. The van der Waals surface area contributed by atoms with Crippen molar-refractivity contribution in [3.05, 3.63) is 35.2 Å². The number of amides is 2. The van der Waals surface area contributed by atoms with E-state index in [1.807, 2.05) is 13.8 Å². The minimum Gasteiger partial charge on any atom is -0.493 e. The predicted molar refractivity (Wildman–Crippen MR) is 135 cm³/mol. The molecule has 0 saturated carbocycles. The molecule has 2 heterocycles. The van der Waals surface area contributed by atoms with Crippen LogP contribution in [0.2, 0.25) is 0 Å². The number of nitrogens with two attached hydrogens (primary N) is 1. The van der Waals surface area contributed by atoms with Crippen LogP contribution in [0.15, 0.2) is 23.1 Å². The predicted octanol–water partition coefficient (Wildman–Crippen LogP) is 2.00. The molecule has 1 fully saturated rings. The molecule has 12 nitrogen and oxygen atoms in total. The van der Waals surface area contributed by atoms with Crippen LogP contribution in [0.1, 0.15) is 66.1 Å². The summed E-state index contributed by atoms with van der Waals surface area (Å²) in [6.07, 6.45) is 2.26. The number of anilines is 1. The molecule has 0 spiro atoms. The minimum absolute atomic E-state index is 0.0258. The molecule has 202 valence electrons. The van der Waals surface area contributed by atoms with Crippen LogP contribution in [-0.2, 0) is 28.3 Å². The smallest absolute Gasteiger partial charge is 0.306 e. The van der Waals surface area contributed by atoms with Gasteiger partial charge >= 0.3 is 5.97 Å². The number of sulfonamides is 1. The van der Waals surface area contributed by atoms with Gasteiger partial charge in [-0.05, 0) is 43.9 Å². The number of ether oxygens (including phenoxy) is 1. The molecule has 37 heavy (non-hydrogen) atoms. The van der Waals surface area contributed by atoms with E-state index in [-0.39, 0.29) is 53.5 Å². The van der Waals surface area contributed by atoms with E-state index in [1.165, 1.54) is 27.2 Å². The number of carbonyl (C=O) groups excluding carboxylic acids is 2. The minimum atomic E-state index is -4.00. The Bertz CT molecular complexity index is 1280. The molecule has 0 radical (unpaired) electrons. The highest BCUT2D eigenvalue weighted by molar-refractivity contribution is 7.89. The fourth-order valence-corrected chi connectivity index (χ4v) is 5.76. The van der Waals surface area contributed by atoms with Gasteiger partial charge < -0.3 is 20.9 Å². The van der Waals surface area contributed by atoms with Crippen LogP contribution in [0.5, 0.6) is 5.75 Å². The highest BCUT2D eigenvalue weighted by Crippen LogP contribution is 2.30. The molecule has 4 N–H and O–H groups in total. The number of nitrogens with zero attached hydrogens (tertiary/aromatic N) is 3. The summed E-state index contributed by atoms with van der Waals surface area (Å²) in [5.41, 5.74) is 6.18. The third-order valence-corrected chi connectivity index (χ3v) is 8.07. The molecule has 1 aromatic carbocycles. The zero-order valence-electron chi connectivity index (χ0n) is 21.2. The van der Waals surface area contributed by atoms with Gasteiger partial charge in [-0.1, -0.05) is 20.3 Å². The van der Waals surface area contributed by atoms with Crippen LogP contribution in [0.25, 0.3) is 0 Å². The zero-order chi connectivity index (χ0) is 27.3. The largest absolute Gasteiger partial charge is 0.493 e. The van der Waals surface area contributed by atoms with Crippen molar-refractivity contribution in [1.29, 1.82) is 0 Å². The van der Waals surface area contributed by atoms with Crippen molar-refractivity contribution in [2.75, 3.05) is 25.0 Å². The Kier molecular flexibility index (Phi) is 8.92. The zero-order valence-corrected chi connectivity index (χ0v) is 22.0. The van der Waals surface area contributed by atoms with E-state index in [1.54, 1.807) is 7.05 Å². The highest BCUT2D eigenvalue weighted by Gasteiger charge is 2.33. The van der Waals surface area contributed by atoms with Gasteiger partial charge in [-0.15, -0.1) is 0 Å². The normalized spacial score (nSPS) is 14.9. The molecule has 2 amide bonds. The van der Waals surface area contributed by atoms with Crippen molar-refractivity contribution in [2.45, 2.75) is 50.8 Å². The van der Waals surface area contributed by atoms with Crippen LogP contribution in [0.4, 0.5) is 5.69 Å². The molecule has 0 bridgehead atoms. The van der Waals surface area contributed by atoms with E-state index < -0.39 is 33.7 Å². The Labute approximate surface area is 215 Å². The maximum Gasteiger partial charge on any atom is 0.306 e. The topological polar surface area (TPSA) is 174 Å². The molecule has 1 aliphatic rings. The third kappa shape index (κ3) is 6.10. The third-order valence-electron chi connectivity index (χ3n) is 6.18. The molecule has 1 aromatic heterocycles. The summed E-state index contributed by atoms with van der Waals surface area (Å²) in [4.78, 5) is 36.7. The number of carboxylic acids is 1. The monoisotopic (exact) mass is 535 g/mol. The van der Waals surface area contributed by atoms with E-state index in [0.717, 1.165) is 0 Å². The van der Waals surface area contributed by atoms with Gasteiger partial charge in [0.1, 0.15) is 11.4 Å². The number of carboxylic acid groups (broad SMARTS) is 1. The lowest BCUT2D eigenvalue weighted by molar-refractivity contribution is -0.142. The van der Waals surface area contributed by atoms with Crippen molar-refractivity contribution < 1.29 is 32.6 Å². The molecule has 0 unspecified atom stereocenters. The summed E-state index contributed by atoms with van der Waals surface area (Å²) in [6.45, 7) is 4.25. The van der Waals surface area contributed by atoms with Gasteiger partial charge in [0.15, 0.2) is 0 Å². The lowest BCUT2D eigenvalue weighted by Crippen LogP contribution is -2.40. The number of hydrogen-bond acceptors (Lipinski definition) is 7. The van der Waals surface area contributed by atoms with E-state index >= 15 is 0 Å². The number of rotatable bonds is 11. The summed E-state index contributed by atoms with van der Waals surface area (Å²) in [6, 6.07) is 4.02. The van der Waals surface area contributed by atoms with E-state index in [2.05, 4.69) is 10.4 Å². The first-order valence-corrected chi connectivity index (χ1v) is 13.6. The second-order valence-corrected chi connectivity index (χ2v) is 10.8. The average molecular weight is 536 g/mol. The Balaban J connectivity index is 1.98. The Hall–Kier alpha value is -3.45. The number of aryl methyl sites for hydroxylation is 2. The fourth-order valence-electron chi connectivity index (χ4n) is 4.26. The number of carbonyl (C=O) groups is 3. The molecule has 0 atom stereocenters. The maximum absolute atomic E-state index is 13.5. The van der Waals surface area contributed by atoms with E-state index in [4.69, 9.17) is 10.5 Å². The van der Waals surface area contributed by atoms with Crippen LogP contribution < -0.4 is 15.8 Å². The quantitative estimate of drug-likeness (QED) is 0.392. The van der Waals surface area contributed by atoms with Crippen LogP contribution in [0, 0.1) is 5.92 Å². The molecule has 2 aromatic rings. The van der Waals surface area contributed by atoms with Crippen LogP contribution in [0.3, 0.4) is 0 Å². The summed E-state index contributed by atoms with van der Waals surface area (Å²) in [7, 11) is -2.45. The van der Waals surface area contributed by atoms with Gasteiger partial charge in [0, 0.05) is 20.1 Å². The van der Waals surface area contributed by atoms with Gasteiger partial charge in [0.05, 0.1) is 34.4 Å². The van der Waals surface area contributed by atoms with Crippen molar-refractivity contribution in [1.82, 2.24) is 14.1 Å². The van der Waals surface area contributed by atoms with E-state index in [0.29, 0.717) is 31.6 Å². The Morgan fingerprint density at radius 1 is 1.19 bits per heavy atom. The summed E-state index contributed by atoms with van der Waals surface area (Å²) >= 11 is 0. The van der Waals surface area contributed by atoms with Gasteiger partial charge in [0.2, 0.25) is 10.0 Å². The van der Waals surface area contributed by atoms with Gasteiger partial charge in [-0.25, -0.2) is 8.42 Å². The molecule has 13 heteroatoms. The van der Waals surface area contributed by atoms with Gasteiger partial charge in [0.25, 0.3) is 11.8 Å². The number of piperidine rings is 1. The summed E-state index contributed by atoms with van der Waals surface area (Å²) in [5, 5.41) is 16.2. The summed E-state index contributed by atoms with van der Waals surface area (Å²) in [5.74, 6) is -2.79. The number of aromatic nitrogens is 2. The molecule has 3 rings (SSSR count). The average Bonchev–Trinajstić information content (AvgIpc) is 3.17. The van der Waals surface area contributed by atoms with Crippen LogP contribution >= 0.6 is 0 Å². The molecule has 1 saturated heterocycles. The van der Waals surface area contributed by atoms with Gasteiger partial charge in [-0.2, -0.15) is 9.40 Å². The standard InChI is InChI=1S/C24H33N5O7S/c1-4-6-18-20(21(22(25)30)28(3)27-18)26-23(31)17-14-16(7-8-19(17)36-13-5-2)37(34,35)29-11-9-15(10-12-29)24(32)33/h7-8,14-15H,4-6,9-13H2,1-3H3,(H2,25,30)(H,26,31)(H,32,33). The Morgan fingerprint density at radius 2 is 1.86 bits per heavy atom. The number of hydrogen-bond donors (Lipinski definition) is 3. The molecular weight excluding hydrogens is 502 g/mol.